The van der Waals surface area contributed by atoms with Crippen molar-refractivity contribution in [3.63, 3.8) is 0 Å². The Kier molecular flexibility index (Phi) is 8.28. The molecule has 0 aromatic carbocycles. The fraction of sp³-hybridized carbons (Fsp3) is 0.875. The van der Waals surface area contributed by atoms with E-state index in [0.717, 1.165) is 13.8 Å². The van der Waals surface area contributed by atoms with Crippen molar-refractivity contribution in [1.82, 2.24) is 10.6 Å². The lowest BCUT2D eigenvalue weighted by atomic mass is 9.94. The molecule has 8 N–H and O–H groups in total. The molecule has 2 amide bonds. The van der Waals surface area contributed by atoms with E-state index in [1.807, 2.05) is 0 Å². The lowest BCUT2D eigenvalue weighted by Gasteiger charge is -2.47. The zero-order chi connectivity index (χ0) is 21.9. The minimum Gasteiger partial charge on any atom is -0.394 e. The molecule has 0 aliphatic carbocycles. The molecule has 10 atom stereocenters. The number of aliphatic hydroxyl groups excluding tert-OH is 6. The van der Waals surface area contributed by atoms with Crippen molar-refractivity contribution in [2.75, 3.05) is 13.2 Å². The number of ether oxygens (including phenoxy) is 3. The molecule has 2 aliphatic rings. The normalized spacial score (nSPS) is 42.9. The van der Waals surface area contributed by atoms with Gasteiger partial charge >= 0.3 is 0 Å². The number of carbonyl (C=O) groups excluding carboxylic acids is 2. The van der Waals surface area contributed by atoms with Crippen LogP contribution in [0.3, 0.4) is 0 Å². The number of aliphatic hydroxyl groups is 6. The molecule has 13 heteroatoms. The van der Waals surface area contributed by atoms with E-state index in [0.29, 0.717) is 0 Å². The summed E-state index contributed by atoms with van der Waals surface area (Å²) in [4.78, 5) is 22.8. The highest BCUT2D eigenvalue weighted by molar-refractivity contribution is 5.73. The van der Waals surface area contributed by atoms with Crippen molar-refractivity contribution >= 4 is 11.8 Å². The number of hydrogen-bond donors (Lipinski definition) is 8. The molecule has 2 rings (SSSR count). The predicted molar refractivity (Wildman–Crippen MR) is 91.8 cm³/mol. The van der Waals surface area contributed by atoms with Crippen LogP contribution in [0.5, 0.6) is 0 Å². The highest BCUT2D eigenvalue weighted by Gasteiger charge is 2.51. The minimum absolute atomic E-state index is 0.568. The molecule has 0 aromatic rings. The molecular formula is C16H28N2O11. The number of carbonyl (C=O) groups is 2. The molecule has 168 valence electrons. The van der Waals surface area contributed by atoms with Crippen LogP contribution in [0.25, 0.3) is 0 Å². The van der Waals surface area contributed by atoms with Crippen molar-refractivity contribution in [3.05, 3.63) is 0 Å². The van der Waals surface area contributed by atoms with Crippen LogP contribution in [0.15, 0.2) is 0 Å². The van der Waals surface area contributed by atoms with E-state index in [2.05, 4.69) is 10.6 Å². The van der Waals surface area contributed by atoms with Gasteiger partial charge in [-0.3, -0.25) is 9.59 Å². The monoisotopic (exact) mass is 424 g/mol. The minimum atomic E-state index is -1.64. The zero-order valence-corrected chi connectivity index (χ0v) is 15.9. The van der Waals surface area contributed by atoms with Gasteiger partial charge in [-0.1, -0.05) is 0 Å². The Bertz CT molecular complexity index is 579. The van der Waals surface area contributed by atoms with E-state index in [-0.39, 0.29) is 0 Å². The molecule has 0 spiro atoms. The van der Waals surface area contributed by atoms with E-state index >= 15 is 0 Å². The van der Waals surface area contributed by atoms with Gasteiger partial charge in [-0.05, 0) is 0 Å². The van der Waals surface area contributed by atoms with Crippen molar-refractivity contribution in [2.24, 2.45) is 0 Å². The van der Waals surface area contributed by atoms with Crippen LogP contribution >= 0.6 is 0 Å². The highest BCUT2D eigenvalue weighted by atomic mass is 16.7. The van der Waals surface area contributed by atoms with Gasteiger partial charge < -0.3 is 55.5 Å². The maximum absolute atomic E-state index is 11.5. The van der Waals surface area contributed by atoms with Crippen molar-refractivity contribution < 1.29 is 54.4 Å². The van der Waals surface area contributed by atoms with Crippen molar-refractivity contribution in [2.45, 2.75) is 75.1 Å². The van der Waals surface area contributed by atoms with Crippen LogP contribution in [-0.2, 0) is 23.8 Å². The van der Waals surface area contributed by atoms with E-state index in [1.165, 1.54) is 0 Å². The van der Waals surface area contributed by atoms with Gasteiger partial charge in [-0.25, -0.2) is 0 Å². The molecule has 2 saturated heterocycles. The first kappa shape index (κ1) is 23.9. The molecule has 0 bridgehead atoms. The maximum atomic E-state index is 11.5. The summed E-state index contributed by atoms with van der Waals surface area (Å²) >= 11 is 0. The van der Waals surface area contributed by atoms with Gasteiger partial charge in [0.05, 0.1) is 13.2 Å². The zero-order valence-electron chi connectivity index (χ0n) is 15.9. The Morgan fingerprint density at radius 1 is 0.828 bits per heavy atom. The first-order chi connectivity index (χ1) is 13.6. The predicted octanol–water partition coefficient (Wildman–Crippen LogP) is -5.11. The Morgan fingerprint density at radius 2 is 1.38 bits per heavy atom. The third kappa shape index (κ3) is 5.39. The number of rotatable bonds is 6. The third-order valence-corrected chi connectivity index (χ3v) is 4.78. The summed E-state index contributed by atoms with van der Waals surface area (Å²) < 4.78 is 16.3. The summed E-state index contributed by atoms with van der Waals surface area (Å²) in [5.41, 5.74) is 0. The van der Waals surface area contributed by atoms with Gasteiger partial charge in [0.2, 0.25) is 11.8 Å². The van der Waals surface area contributed by atoms with Crippen LogP contribution in [0.4, 0.5) is 0 Å². The summed E-state index contributed by atoms with van der Waals surface area (Å²) in [7, 11) is 0. The van der Waals surface area contributed by atoms with Gasteiger partial charge in [-0.2, -0.15) is 0 Å². The summed E-state index contributed by atoms with van der Waals surface area (Å²) in [6, 6.07) is -2.59. The molecule has 29 heavy (non-hydrogen) atoms. The second-order valence-electron chi connectivity index (χ2n) is 7.00. The molecule has 2 fully saturated rings. The van der Waals surface area contributed by atoms with E-state index in [9.17, 15) is 40.2 Å². The number of nitrogens with one attached hydrogen (secondary N) is 2. The summed E-state index contributed by atoms with van der Waals surface area (Å²) in [5, 5.41) is 64.5. The first-order valence-corrected chi connectivity index (χ1v) is 9.05. The largest absolute Gasteiger partial charge is 0.394 e. The Balaban J connectivity index is 2.26. The van der Waals surface area contributed by atoms with E-state index in [1.54, 1.807) is 0 Å². The highest BCUT2D eigenvalue weighted by Crippen LogP contribution is 2.28. The fourth-order valence-corrected chi connectivity index (χ4v) is 3.38. The molecule has 0 unspecified atom stereocenters. The lowest BCUT2D eigenvalue weighted by molar-refractivity contribution is -0.327. The van der Waals surface area contributed by atoms with Gasteiger partial charge in [-0.15, -0.1) is 0 Å². The fourth-order valence-electron chi connectivity index (χ4n) is 3.38. The van der Waals surface area contributed by atoms with Gasteiger partial charge in [0, 0.05) is 13.8 Å². The van der Waals surface area contributed by atoms with Crippen molar-refractivity contribution in [1.29, 1.82) is 0 Å². The standard InChI is InChI=1S/C16H28N2O11/c1-5(21)17-9-13(25)14(8(4-20)27-15(9)26)29-16-10(18-6(2)22)12(24)11(23)7(3-19)28-16/h7-16,19-20,23-26H,3-4H2,1-2H3,(H,17,21)(H,18,22)/t7-,8+,9-,10-,11-,12-,13-,14-,15-,16+/m1/s1. The lowest BCUT2D eigenvalue weighted by Crippen LogP contribution is -2.69. The topological polar surface area (TPSA) is 207 Å². The smallest absolute Gasteiger partial charge is 0.217 e. The van der Waals surface area contributed by atoms with Gasteiger partial charge in [0.25, 0.3) is 0 Å². The molecule has 0 aromatic heterocycles. The molecule has 2 aliphatic heterocycles. The molecule has 0 saturated carbocycles. The molecule has 0 radical (unpaired) electrons. The average Bonchev–Trinajstić information content (AvgIpc) is 2.65. The summed E-state index contributed by atoms with van der Waals surface area (Å²) in [6.07, 6.45) is -11.7. The Labute approximate surface area is 166 Å². The SMILES string of the molecule is CC(=O)N[C@@H]1[C@@H](O)[C@H](O[C@@H]2O[C@H](CO)[C@@H](O)[C@H](O)[C@H]2NC(C)=O)[C@H](CO)O[C@H]1O. The van der Waals surface area contributed by atoms with Gasteiger partial charge in [0.1, 0.15) is 48.7 Å². The van der Waals surface area contributed by atoms with Crippen LogP contribution in [0.2, 0.25) is 0 Å². The molecular weight excluding hydrogens is 396 g/mol. The van der Waals surface area contributed by atoms with Gasteiger partial charge in [0.15, 0.2) is 12.6 Å². The van der Waals surface area contributed by atoms with Crippen LogP contribution in [0, 0.1) is 0 Å². The Hall–Kier alpha value is -1.42. The molecule has 2 heterocycles. The number of amides is 2. The van der Waals surface area contributed by atoms with Crippen LogP contribution in [0.1, 0.15) is 13.8 Å². The average molecular weight is 424 g/mol. The van der Waals surface area contributed by atoms with E-state index in [4.69, 9.17) is 14.2 Å². The Morgan fingerprint density at radius 3 is 1.90 bits per heavy atom. The second kappa shape index (κ2) is 10.1. The van der Waals surface area contributed by atoms with Crippen molar-refractivity contribution in [3.8, 4) is 0 Å². The summed E-state index contributed by atoms with van der Waals surface area (Å²) in [5.74, 6) is -1.14. The second-order valence-corrected chi connectivity index (χ2v) is 7.00. The van der Waals surface area contributed by atoms with Crippen LogP contribution in [-0.4, -0.2) is 117 Å². The maximum Gasteiger partial charge on any atom is 0.217 e. The van der Waals surface area contributed by atoms with Crippen LogP contribution < -0.4 is 10.6 Å². The number of hydrogen-bond acceptors (Lipinski definition) is 11. The third-order valence-electron chi connectivity index (χ3n) is 4.78. The first-order valence-electron chi connectivity index (χ1n) is 9.05. The van der Waals surface area contributed by atoms with E-state index < -0.39 is 86.3 Å². The molecule has 13 nitrogen and oxygen atoms in total. The quantitative estimate of drug-likeness (QED) is 0.202. The summed E-state index contributed by atoms with van der Waals surface area (Å²) in [6.45, 7) is 0.962.